The number of aromatic hydroxyl groups is 1. The van der Waals surface area contributed by atoms with E-state index >= 15 is 0 Å². The number of unbranched alkanes of at least 4 members (excludes halogenated alkanes) is 3. The maximum atomic E-state index is 12.2. The average Bonchev–Trinajstić information content (AvgIpc) is 2.67. The maximum absolute atomic E-state index is 12.2. The van der Waals surface area contributed by atoms with Crippen molar-refractivity contribution >= 4 is 11.9 Å². The molecule has 0 saturated heterocycles. The van der Waals surface area contributed by atoms with Gasteiger partial charge in [0.15, 0.2) is 0 Å². The minimum atomic E-state index is -0.287. The molecule has 6 heteroatoms. The van der Waals surface area contributed by atoms with Crippen LogP contribution in [0.3, 0.4) is 0 Å². The first-order chi connectivity index (χ1) is 13.6. The van der Waals surface area contributed by atoms with E-state index in [2.05, 4.69) is 5.32 Å². The number of rotatable bonds is 15. The van der Waals surface area contributed by atoms with E-state index in [0.29, 0.717) is 19.6 Å². The second-order valence-electron chi connectivity index (χ2n) is 6.79. The number of phenolic OH excluding ortho intramolecular Hbond substituents is 1. The van der Waals surface area contributed by atoms with Crippen LogP contribution in [0.5, 0.6) is 5.75 Å². The second-order valence-corrected chi connectivity index (χ2v) is 6.79. The minimum Gasteiger partial charge on any atom is -0.508 e. The molecule has 0 aliphatic carbocycles. The van der Waals surface area contributed by atoms with Crippen LogP contribution in [-0.2, 0) is 25.5 Å². The Morgan fingerprint density at radius 1 is 0.964 bits per heavy atom. The van der Waals surface area contributed by atoms with Crippen molar-refractivity contribution in [2.45, 2.75) is 71.3 Å². The molecule has 0 aliphatic rings. The highest BCUT2D eigenvalue weighted by molar-refractivity contribution is 5.75. The molecule has 0 aliphatic heterocycles. The van der Waals surface area contributed by atoms with Crippen LogP contribution in [-0.4, -0.2) is 42.8 Å². The molecule has 0 spiro atoms. The Kier molecular flexibility index (Phi) is 12.8. The SMILES string of the molecule is CCOC(=O)CCCCCCC(NCCCc1ccc(O)cc1)C(=O)OCC. The molecule has 1 rings (SSSR count). The first kappa shape index (κ1) is 24.0. The fraction of sp³-hybridized carbons (Fsp3) is 0.636. The van der Waals surface area contributed by atoms with Crippen molar-refractivity contribution in [3.63, 3.8) is 0 Å². The predicted octanol–water partition coefficient (Wildman–Crippen LogP) is 3.75. The zero-order valence-electron chi connectivity index (χ0n) is 17.2. The van der Waals surface area contributed by atoms with Crippen LogP contribution in [0.15, 0.2) is 24.3 Å². The van der Waals surface area contributed by atoms with Crippen molar-refractivity contribution in [2.75, 3.05) is 19.8 Å². The van der Waals surface area contributed by atoms with Gasteiger partial charge in [0.2, 0.25) is 0 Å². The third kappa shape index (κ3) is 10.9. The normalized spacial score (nSPS) is 11.8. The van der Waals surface area contributed by atoms with Gasteiger partial charge in [-0.2, -0.15) is 0 Å². The molecule has 0 radical (unpaired) electrons. The summed E-state index contributed by atoms with van der Waals surface area (Å²) in [6, 6.07) is 6.91. The Morgan fingerprint density at radius 3 is 2.32 bits per heavy atom. The van der Waals surface area contributed by atoms with Crippen molar-refractivity contribution in [1.82, 2.24) is 5.32 Å². The fourth-order valence-corrected chi connectivity index (χ4v) is 2.98. The van der Waals surface area contributed by atoms with Gasteiger partial charge < -0.3 is 19.9 Å². The van der Waals surface area contributed by atoms with Gasteiger partial charge in [0.05, 0.1) is 13.2 Å². The summed E-state index contributed by atoms with van der Waals surface area (Å²) in [5.74, 6) is -0.0626. The molecule has 0 saturated carbocycles. The molecule has 0 fully saturated rings. The molecular formula is C22H35NO5. The first-order valence-electron chi connectivity index (χ1n) is 10.4. The van der Waals surface area contributed by atoms with Gasteiger partial charge in [-0.05, 0) is 63.8 Å². The average molecular weight is 394 g/mol. The van der Waals surface area contributed by atoms with Crippen molar-refractivity contribution < 1.29 is 24.2 Å². The monoisotopic (exact) mass is 393 g/mol. The molecule has 0 aromatic heterocycles. The highest BCUT2D eigenvalue weighted by atomic mass is 16.5. The molecular weight excluding hydrogens is 358 g/mol. The summed E-state index contributed by atoms with van der Waals surface area (Å²) in [7, 11) is 0. The van der Waals surface area contributed by atoms with Crippen LogP contribution in [0.1, 0.15) is 64.4 Å². The Hall–Kier alpha value is -2.08. The summed E-state index contributed by atoms with van der Waals surface area (Å²) in [6.45, 7) is 5.16. The largest absolute Gasteiger partial charge is 0.508 e. The predicted molar refractivity (Wildman–Crippen MR) is 109 cm³/mol. The summed E-state index contributed by atoms with van der Waals surface area (Å²) < 4.78 is 10.1. The molecule has 28 heavy (non-hydrogen) atoms. The molecule has 1 aromatic rings. The molecule has 1 aromatic carbocycles. The van der Waals surface area contributed by atoms with Crippen molar-refractivity contribution in [1.29, 1.82) is 0 Å². The van der Waals surface area contributed by atoms with Crippen molar-refractivity contribution in [2.24, 2.45) is 0 Å². The van der Waals surface area contributed by atoms with Crippen LogP contribution < -0.4 is 5.32 Å². The third-order valence-corrected chi connectivity index (χ3v) is 4.47. The Morgan fingerprint density at radius 2 is 1.64 bits per heavy atom. The Labute approximate surface area is 168 Å². The van der Waals surface area contributed by atoms with Gasteiger partial charge in [-0.25, -0.2) is 0 Å². The standard InChI is InChI=1S/C22H35NO5/c1-3-27-21(25)12-8-6-5-7-11-20(22(26)28-4-2)23-17-9-10-18-13-15-19(24)16-14-18/h13-16,20,23-24H,3-12,17H2,1-2H3. The van der Waals surface area contributed by atoms with Gasteiger partial charge in [-0.3, -0.25) is 9.59 Å². The van der Waals surface area contributed by atoms with E-state index in [-0.39, 0.29) is 23.7 Å². The number of benzene rings is 1. The van der Waals surface area contributed by atoms with E-state index in [0.717, 1.165) is 57.1 Å². The van der Waals surface area contributed by atoms with Gasteiger partial charge >= 0.3 is 11.9 Å². The molecule has 6 nitrogen and oxygen atoms in total. The van der Waals surface area contributed by atoms with Crippen LogP contribution in [0, 0.1) is 0 Å². The summed E-state index contributed by atoms with van der Waals surface area (Å²) in [5, 5.41) is 12.6. The van der Waals surface area contributed by atoms with Gasteiger partial charge in [-0.15, -0.1) is 0 Å². The van der Waals surface area contributed by atoms with E-state index in [9.17, 15) is 14.7 Å². The number of nitrogens with one attached hydrogen (secondary N) is 1. The number of esters is 2. The number of carbonyl (C=O) groups is 2. The van der Waals surface area contributed by atoms with Gasteiger partial charge in [0.1, 0.15) is 11.8 Å². The van der Waals surface area contributed by atoms with Crippen molar-refractivity contribution in [3.8, 4) is 5.75 Å². The quantitative estimate of drug-likeness (QED) is 0.349. The summed E-state index contributed by atoms with van der Waals surface area (Å²) in [4.78, 5) is 23.5. The third-order valence-electron chi connectivity index (χ3n) is 4.47. The molecule has 158 valence electrons. The van der Waals surface area contributed by atoms with Gasteiger partial charge in [0.25, 0.3) is 0 Å². The Bertz CT molecular complexity index is 559. The molecule has 1 atom stereocenters. The van der Waals surface area contributed by atoms with Crippen LogP contribution in [0.2, 0.25) is 0 Å². The summed E-state index contributed by atoms with van der Waals surface area (Å²) in [5.41, 5.74) is 1.16. The number of ether oxygens (including phenoxy) is 2. The molecule has 0 bridgehead atoms. The van der Waals surface area contributed by atoms with E-state index < -0.39 is 0 Å². The molecule has 1 unspecified atom stereocenters. The number of aryl methyl sites for hydroxylation is 1. The highest BCUT2D eigenvalue weighted by Gasteiger charge is 2.18. The Balaban J connectivity index is 2.25. The lowest BCUT2D eigenvalue weighted by molar-refractivity contribution is -0.146. The molecule has 0 amide bonds. The summed E-state index contributed by atoms with van der Waals surface area (Å²) >= 11 is 0. The number of hydrogen-bond donors (Lipinski definition) is 2. The maximum Gasteiger partial charge on any atom is 0.323 e. The molecule has 2 N–H and O–H groups in total. The van der Waals surface area contributed by atoms with Gasteiger partial charge in [-0.1, -0.05) is 31.4 Å². The minimum absolute atomic E-state index is 0.137. The van der Waals surface area contributed by atoms with Crippen molar-refractivity contribution in [3.05, 3.63) is 29.8 Å². The smallest absolute Gasteiger partial charge is 0.323 e. The van der Waals surface area contributed by atoms with E-state index in [1.165, 1.54) is 0 Å². The second kappa shape index (κ2) is 14.9. The topological polar surface area (TPSA) is 84.9 Å². The summed E-state index contributed by atoms with van der Waals surface area (Å²) in [6.07, 6.45) is 6.65. The lowest BCUT2D eigenvalue weighted by Gasteiger charge is -2.17. The van der Waals surface area contributed by atoms with Crippen LogP contribution in [0.25, 0.3) is 0 Å². The van der Waals surface area contributed by atoms with Crippen LogP contribution in [0.4, 0.5) is 0 Å². The van der Waals surface area contributed by atoms with E-state index in [1.54, 1.807) is 12.1 Å². The molecule has 0 heterocycles. The van der Waals surface area contributed by atoms with E-state index in [1.807, 2.05) is 26.0 Å². The zero-order valence-corrected chi connectivity index (χ0v) is 17.2. The fourth-order valence-electron chi connectivity index (χ4n) is 2.98. The number of phenols is 1. The number of hydrogen-bond acceptors (Lipinski definition) is 6. The number of carbonyl (C=O) groups excluding carboxylic acids is 2. The van der Waals surface area contributed by atoms with Gasteiger partial charge in [0, 0.05) is 6.42 Å². The zero-order chi connectivity index (χ0) is 20.6. The van der Waals surface area contributed by atoms with Crippen LogP contribution >= 0.6 is 0 Å². The first-order valence-corrected chi connectivity index (χ1v) is 10.4. The lowest BCUT2D eigenvalue weighted by atomic mass is 10.1. The lowest BCUT2D eigenvalue weighted by Crippen LogP contribution is -2.38. The highest BCUT2D eigenvalue weighted by Crippen LogP contribution is 2.12. The van der Waals surface area contributed by atoms with E-state index in [4.69, 9.17) is 9.47 Å².